The zero-order valence-electron chi connectivity index (χ0n) is 24.4. The van der Waals surface area contributed by atoms with E-state index in [0.717, 1.165) is 0 Å². The number of rotatable bonds is 24. The van der Waals surface area contributed by atoms with Gasteiger partial charge in [-0.3, -0.25) is 0 Å². The number of hydrogen-bond donors (Lipinski definition) is 0. The van der Waals surface area contributed by atoms with E-state index in [1.807, 2.05) is 0 Å². The molecule has 0 bridgehead atoms. The maximum atomic E-state index is 2.45. The number of fused-ring (bicyclic) bond motifs is 1. The molecular formula is C36H60. The SMILES string of the molecule is CCCCCCCCCCCCCCc1c(CCCCCCCCCCCC)ccc2ccccc12. The fraction of sp³-hybridized carbons (Fsp3) is 0.722. The van der Waals surface area contributed by atoms with Crippen LogP contribution in [-0.4, -0.2) is 0 Å². The zero-order chi connectivity index (χ0) is 25.5. The summed E-state index contributed by atoms with van der Waals surface area (Å²) in [5, 5.41) is 2.95. The molecule has 2 aromatic rings. The number of benzene rings is 2. The van der Waals surface area contributed by atoms with Gasteiger partial charge in [-0.15, -0.1) is 0 Å². The van der Waals surface area contributed by atoms with Crippen molar-refractivity contribution in [3.05, 3.63) is 47.5 Å². The lowest BCUT2D eigenvalue weighted by molar-refractivity contribution is 0.543. The Bertz CT molecular complexity index is 758. The van der Waals surface area contributed by atoms with Gasteiger partial charge in [0.15, 0.2) is 0 Å². The van der Waals surface area contributed by atoms with Gasteiger partial charge >= 0.3 is 0 Å². The summed E-state index contributed by atoms with van der Waals surface area (Å²) < 4.78 is 0. The van der Waals surface area contributed by atoms with Crippen molar-refractivity contribution in [2.24, 2.45) is 0 Å². The van der Waals surface area contributed by atoms with Crippen LogP contribution in [0.2, 0.25) is 0 Å². The van der Waals surface area contributed by atoms with Gasteiger partial charge in [-0.1, -0.05) is 179 Å². The average molecular weight is 493 g/mol. The molecule has 36 heavy (non-hydrogen) atoms. The van der Waals surface area contributed by atoms with Crippen molar-refractivity contribution >= 4 is 10.8 Å². The Balaban J connectivity index is 1.65. The van der Waals surface area contributed by atoms with E-state index in [-0.39, 0.29) is 0 Å². The molecule has 0 unspecified atom stereocenters. The van der Waals surface area contributed by atoms with Gasteiger partial charge in [0.2, 0.25) is 0 Å². The highest BCUT2D eigenvalue weighted by Gasteiger charge is 2.08. The third kappa shape index (κ3) is 13.9. The van der Waals surface area contributed by atoms with E-state index in [1.54, 1.807) is 11.1 Å². The molecule has 2 aromatic carbocycles. The van der Waals surface area contributed by atoms with E-state index in [4.69, 9.17) is 0 Å². The quantitative estimate of drug-likeness (QED) is 0.128. The highest BCUT2D eigenvalue weighted by atomic mass is 14.1. The van der Waals surface area contributed by atoms with Gasteiger partial charge in [0.05, 0.1) is 0 Å². The average Bonchev–Trinajstić information content (AvgIpc) is 2.91. The molecule has 0 radical (unpaired) electrons. The van der Waals surface area contributed by atoms with Crippen molar-refractivity contribution in [1.82, 2.24) is 0 Å². The van der Waals surface area contributed by atoms with Crippen molar-refractivity contribution in [3.8, 4) is 0 Å². The molecule has 0 aromatic heterocycles. The van der Waals surface area contributed by atoms with E-state index in [2.05, 4.69) is 50.2 Å². The van der Waals surface area contributed by atoms with Crippen molar-refractivity contribution in [2.45, 2.75) is 168 Å². The van der Waals surface area contributed by atoms with Gasteiger partial charge in [-0.25, -0.2) is 0 Å². The first-order valence-corrected chi connectivity index (χ1v) is 16.4. The zero-order valence-corrected chi connectivity index (χ0v) is 24.4. The first kappa shape index (κ1) is 30.9. The van der Waals surface area contributed by atoms with E-state index < -0.39 is 0 Å². The minimum absolute atomic E-state index is 1.27. The van der Waals surface area contributed by atoms with Gasteiger partial charge in [-0.2, -0.15) is 0 Å². The second-order valence-corrected chi connectivity index (χ2v) is 11.5. The van der Waals surface area contributed by atoms with Crippen LogP contribution in [0.3, 0.4) is 0 Å². The van der Waals surface area contributed by atoms with Crippen LogP contribution in [0, 0.1) is 0 Å². The van der Waals surface area contributed by atoms with E-state index in [9.17, 15) is 0 Å². The van der Waals surface area contributed by atoms with Gasteiger partial charge in [0.25, 0.3) is 0 Å². The van der Waals surface area contributed by atoms with Crippen molar-refractivity contribution in [3.63, 3.8) is 0 Å². The largest absolute Gasteiger partial charge is 0.0654 e. The van der Waals surface area contributed by atoms with E-state index in [1.165, 1.54) is 165 Å². The Labute approximate surface area is 226 Å². The van der Waals surface area contributed by atoms with Crippen LogP contribution >= 0.6 is 0 Å². The van der Waals surface area contributed by atoms with Crippen LogP contribution in [0.4, 0.5) is 0 Å². The molecule has 0 heteroatoms. The van der Waals surface area contributed by atoms with Gasteiger partial charge in [0.1, 0.15) is 0 Å². The highest BCUT2D eigenvalue weighted by molar-refractivity contribution is 5.86. The first-order chi connectivity index (χ1) is 17.9. The smallest absolute Gasteiger partial charge is 0.0149 e. The third-order valence-corrected chi connectivity index (χ3v) is 8.22. The topological polar surface area (TPSA) is 0 Å². The maximum Gasteiger partial charge on any atom is -0.0149 e. The summed E-state index contributed by atoms with van der Waals surface area (Å²) in [6, 6.07) is 13.9. The lowest BCUT2D eigenvalue weighted by Crippen LogP contribution is -1.97. The molecule has 0 aliphatic heterocycles. The lowest BCUT2D eigenvalue weighted by Gasteiger charge is -2.14. The second kappa shape index (κ2) is 21.8. The van der Waals surface area contributed by atoms with Crippen LogP contribution in [0.1, 0.15) is 166 Å². The summed E-state index contributed by atoms with van der Waals surface area (Å²) in [6.07, 6.45) is 33.9. The van der Waals surface area contributed by atoms with Crippen LogP contribution in [0.25, 0.3) is 10.8 Å². The molecule has 0 nitrogen and oxygen atoms in total. The van der Waals surface area contributed by atoms with Crippen molar-refractivity contribution < 1.29 is 0 Å². The summed E-state index contributed by atoms with van der Waals surface area (Å²) in [4.78, 5) is 0. The monoisotopic (exact) mass is 492 g/mol. The van der Waals surface area contributed by atoms with Crippen LogP contribution < -0.4 is 0 Å². The summed E-state index contributed by atoms with van der Waals surface area (Å²) in [5.41, 5.74) is 3.30. The van der Waals surface area contributed by atoms with Gasteiger partial charge in [-0.05, 0) is 47.6 Å². The molecule has 0 aliphatic rings. The molecule has 204 valence electrons. The molecule has 0 spiro atoms. The Morgan fingerprint density at radius 1 is 0.389 bits per heavy atom. The fourth-order valence-electron chi connectivity index (χ4n) is 5.86. The summed E-state index contributed by atoms with van der Waals surface area (Å²) >= 11 is 0. The summed E-state index contributed by atoms with van der Waals surface area (Å²) in [6.45, 7) is 4.61. The Kier molecular flexibility index (Phi) is 18.7. The molecule has 0 aliphatic carbocycles. The molecule has 0 N–H and O–H groups in total. The summed E-state index contributed by atoms with van der Waals surface area (Å²) in [7, 11) is 0. The Morgan fingerprint density at radius 2 is 0.806 bits per heavy atom. The summed E-state index contributed by atoms with van der Waals surface area (Å²) in [5.74, 6) is 0. The predicted molar refractivity (Wildman–Crippen MR) is 164 cm³/mol. The molecule has 0 saturated carbocycles. The normalized spacial score (nSPS) is 11.5. The maximum absolute atomic E-state index is 2.45. The number of unbranched alkanes of at least 4 members (excludes halogenated alkanes) is 20. The molecule has 0 amide bonds. The van der Waals surface area contributed by atoms with Crippen LogP contribution in [0.15, 0.2) is 36.4 Å². The minimum atomic E-state index is 1.27. The molecule has 0 saturated heterocycles. The Hall–Kier alpha value is -1.30. The third-order valence-electron chi connectivity index (χ3n) is 8.22. The second-order valence-electron chi connectivity index (χ2n) is 11.5. The molecule has 0 atom stereocenters. The first-order valence-electron chi connectivity index (χ1n) is 16.4. The standard InChI is InChI=1S/C36H60/c1-3-5-7-9-11-13-15-16-18-20-22-24-29-35-33(31-32-34-28-25-26-30-36(34)35)27-23-21-19-17-14-12-10-8-6-4-2/h25-26,28,30-32H,3-24,27,29H2,1-2H3. The predicted octanol–water partition coefficient (Wildman–Crippen LogP) is 12.5. The molecule has 0 fully saturated rings. The van der Waals surface area contributed by atoms with Gasteiger partial charge < -0.3 is 0 Å². The van der Waals surface area contributed by atoms with E-state index >= 15 is 0 Å². The van der Waals surface area contributed by atoms with E-state index in [0.29, 0.717) is 0 Å². The van der Waals surface area contributed by atoms with Gasteiger partial charge in [0, 0.05) is 0 Å². The minimum Gasteiger partial charge on any atom is -0.0654 e. The molecule has 2 rings (SSSR count). The lowest BCUT2D eigenvalue weighted by atomic mass is 9.91. The molecular weight excluding hydrogens is 432 g/mol. The molecule has 0 heterocycles. The van der Waals surface area contributed by atoms with Crippen LogP contribution in [-0.2, 0) is 12.8 Å². The van der Waals surface area contributed by atoms with Crippen molar-refractivity contribution in [1.29, 1.82) is 0 Å². The fourth-order valence-corrected chi connectivity index (χ4v) is 5.86. The number of hydrogen-bond acceptors (Lipinski definition) is 0. The highest BCUT2D eigenvalue weighted by Crippen LogP contribution is 2.26. The Morgan fingerprint density at radius 3 is 1.31 bits per heavy atom. The number of aryl methyl sites for hydroxylation is 2. The van der Waals surface area contributed by atoms with Crippen LogP contribution in [0.5, 0.6) is 0 Å². The van der Waals surface area contributed by atoms with Crippen molar-refractivity contribution in [2.75, 3.05) is 0 Å².